The van der Waals surface area contributed by atoms with Crippen molar-refractivity contribution in [2.24, 2.45) is 0 Å². The molecule has 0 spiro atoms. The fourth-order valence-corrected chi connectivity index (χ4v) is 0. The first-order valence-electron chi connectivity index (χ1n) is 0. The molecule has 0 aliphatic heterocycles. The molecule has 0 rings (SSSR count). The van der Waals surface area contributed by atoms with Gasteiger partial charge in [-0.25, -0.2) is 0 Å². The zero-order valence-electron chi connectivity index (χ0n) is 1.33. The monoisotopic (exact) mass is 336 g/mol. The fourth-order valence-electron chi connectivity index (χ4n) is 0. The molecule has 4 heteroatoms. The van der Waals surface area contributed by atoms with Gasteiger partial charge in [0.15, 0.2) is 0 Å². The molecule has 36 valence electrons. The second-order valence-electron chi connectivity index (χ2n) is 0. The van der Waals surface area contributed by atoms with Crippen molar-refractivity contribution >= 4 is 0 Å². The summed E-state index contributed by atoms with van der Waals surface area (Å²) in [5, 5.41) is 0. The van der Waals surface area contributed by atoms with Gasteiger partial charge in [-0.3, -0.25) is 0 Å². The summed E-state index contributed by atoms with van der Waals surface area (Å²) in [6.45, 7) is 0. The van der Waals surface area contributed by atoms with E-state index in [1.807, 2.05) is 0 Å². The van der Waals surface area contributed by atoms with Crippen LogP contribution in [-0.4, -0.2) is 0 Å². The van der Waals surface area contributed by atoms with Crippen LogP contribution in [0.15, 0.2) is 0 Å². The van der Waals surface area contributed by atoms with Gasteiger partial charge in [0, 0.05) is 88.9 Å². The van der Waals surface area contributed by atoms with Crippen molar-refractivity contribution in [3.05, 3.63) is 0 Å². The van der Waals surface area contributed by atoms with E-state index in [0.717, 1.165) is 0 Å². The Morgan fingerprint density at radius 1 is 0.500 bits per heavy atom. The Labute approximate surface area is 87.3 Å². The Bertz CT molecular complexity index is 3.25. The van der Waals surface area contributed by atoms with Crippen molar-refractivity contribution in [2.45, 2.75) is 0 Å². The summed E-state index contributed by atoms with van der Waals surface area (Å²) in [7, 11) is 0. The molecule has 0 heterocycles. The third-order valence-electron chi connectivity index (χ3n) is 0. The van der Waals surface area contributed by atoms with Gasteiger partial charge in [-0.05, 0) is 0 Å². The summed E-state index contributed by atoms with van der Waals surface area (Å²) >= 11 is 0. The molecule has 0 aliphatic rings. The average molecular weight is 336 g/mol. The maximum Gasteiger partial charge on any atom is 0 e. The van der Waals surface area contributed by atoms with Crippen LogP contribution in [0, 0.1) is 38.6 Å². The molecule has 0 aromatic rings. The number of hydrogen-bond acceptors (Lipinski definition) is 0. The second-order valence-corrected chi connectivity index (χ2v) is 0. The van der Waals surface area contributed by atoms with Gasteiger partial charge in [0.05, 0.1) is 0 Å². The zero-order valence-corrected chi connectivity index (χ0v) is 6.60. The Morgan fingerprint density at radius 2 is 0.500 bits per heavy atom. The first kappa shape index (κ1) is 29.1. The van der Waals surface area contributed by atoms with E-state index in [4.69, 9.17) is 0 Å². The summed E-state index contributed by atoms with van der Waals surface area (Å²) in [6.07, 6.45) is 0. The summed E-state index contributed by atoms with van der Waals surface area (Å²) < 4.78 is 0. The molecule has 0 bridgehead atoms. The molecule has 0 saturated heterocycles. The molecule has 4 heavy (non-hydrogen) atoms. The first-order chi connectivity index (χ1) is 0. The van der Waals surface area contributed by atoms with Gasteiger partial charge < -0.3 is 0 Å². The molecule has 0 amide bonds. The van der Waals surface area contributed by atoms with E-state index in [1.54, 1.807) is 0 Å². The van der Waals surface area contributed by atoms with Gasteiger partial charge in [-0.1, -0.05) is 0 Å². The van der Waals surface area contributed by atoms with Crippen LogP contribution in [0.4, 0.5) is 0 Å². The van der Waals surface area contributed by atoms with Crippen LogP contribution in [0.1, 0.15) is 0 Å². The van der Waals surface area contributed by atoms with Crippen LogP contribution in [0.5, 0.6) is 0 Å². The van der Waals surface area contributed by atoms with Crippen molar-refractivity contribution in [3.8, 4) is 0 Å². The van der Waals surface area contributed by atoms with Crippen LogP contribution < -0.4 is 0 Å². The van der Waals surface area contributed by atoms with E-state index in [0.29, 0.717) is 0 Å². The summed E-state index contributed by atoms with van der Waals surface area (Å²) in [5.41, 5.74) is 0. The van der Waals surface area contributed by atoms with Gasteiger partial charge in [0.2, 0.25) is 0 Å². The minimum absolute atomic E-state index is 0. The van der Waals surface area contributed by atoms with Crippen LogP contribution >= 0.6 is 0 Å². The molecule has 0 unspecified atom stereocenters. The van der Waals surface area contributed by atoms with Crippen LogP contribution in [-0.2, 0) is 50.3 Å². The Balaban J connectivity index is 0. The van der Waals surface area contributed by atoms with E-state index < -0.39 is 0 Å². The van der Waals surface area contributed by atoms with E-state index in [9.17, 15) is 0 Å². The van der Waals surface area contributed by atoms with Crippen molar-refractivity contribution in [2.75, 3.05) is 0 Å². The molecule has 0 aromatic carbocycles. The molecule has 0 nitrogen and oxygen atoms in total. The summed E-state index contributed by atoms with van der Waals surface area (Å²) in [4.78, 5) is 0. The minimum Gasteiger partial charge on any atom is 0 e. The molecular weight excluding hydrogens is 336 g/mol. The van der Waals surface area contributed by atoms with Crippen LogP contribution in [0.2, 0.25) is 0 Å². The Hall–Kier alpha value is 2.81. The van der Waals surface area contributed by atoms with Crippen molar-refractivity contribution in [1.29, 1.82) is 0 Å². The van der Waals surface area contributed by atoms with E-state index in [-0.39, 0.29) is 88.9 Å². The predicted octanol–water partition coefficient (Wildman–Crippen LogP) is -0.00750. The zero-order chi connectivity index (χ0) is 0. The summed E-state index contributed by atoms with van der Waals surface area (Å²) in [5.74, 6) is 0. The molecule has 0 N–H and O–H groups in total. The third-order valence-corrected chi connectivity index (χ3v) is 0. The first-order valence-corrected chi connectivity index (χ1v) is 0. The van der Waals surface area contributed by atoms with E-state index in [1.165, 1.54) is 0 Å². The third kappa shape index (κ3) is 8.84. The standard InChI is InChI=1S/3Co.Tb. The predicted molar refractivity (Wildman–Crippen MR) is 0 cm³/mol. The van der Waals surface area contributed by atoms with Gasteiger partial charge in [-0.2, -0.15) is 0 Å². The van der Waals surface area contributed by atoms with Gasteiger partial charge in [-0.15, -0.1) is 0 Å². The van der Waals surface area contributed by atoms with Crippen molar-refractivity contribution in [3.63, 3.8) is 0 Å². The molecule has 0 aromatic heterocycles. The van der Waals surface area contributed by atoms with E-state index in [2.05, 4.69) is 0 Å². The molecule has 0 saturated carbocycles. The van der Waals surface area contributed by atoms with E-state index >= 15 is 0 Å². The van der Waals surface area contributed by atoms with Gasteiger partial charge in [0.1, 0.15) is 0 Å². The molecule has 0 fully saturated rings. The minimum atomic E-state index is 0. The van der Waals surface area contributed by atoms with Crippen LogP contribution in [0.3, 0.4) is 0 Å². The summed E-state index contributed by atoms with van der Waals surface area (Å²) in [6, 6.07) is 0. The van der Waals surface area contributed by atoms with Gasteiger partial charge in [0.25, 0.3) is 0 Å². The largest absolute Gasteiger partial charge is 0 e. The van der Waals surface area contributed by atoms with Crippen molar-refractivity contribution in [1.82, 2.24) is 0 Å². The number of rotatable bonds is 0. The Morgan fingerprint density at radius 3 is 0.500 bits per heavy atom. The smallest absolute Gasteiger partial charge is 0 e. The van der Waals surface area contributed by atoms with Crippen molar-refractivity contribution < 1.29 is 88.9 Å². The molecular formula is Co3Tb. The Kier molecular flexibility index (Phi) is 124. The molecule has 4 radical (unpaired) electrons. The fraction of sp³-hybridized carbons (Fsp3) is 0. The normalized spacial score (nSPS) is 0. The average Bonchev–Trinajstić information content (AvgIpc) is 0. The second kappa shape index (κ2) is 17.0. The topological polar surface area (TPSA) is 0 Å². The quantitative estimate of drug-likeness (QED) is 0.584. The maximum absolute atomic E-state index is 0. The number of hydrogen-bond donors (Lipinski definition) is 0. The SMILES string of the molecule is [Co].[Co].[Co].[Tb]. The maximum atomic E-state index is 0. The van der Waals surface area contributed by atoms with Crippen LogP contribution in [0.25, 0.3) is 0 Å². The molecule has 0 atom stereocenters. The van der Waals surface area contributed by atoms with Gasteiger partial charge >= 0.3 is 0 Å². The molecule has 0 aliphatic carbocycles.